The Morgan fingerprint density at radius 3 is 2.79 bits per heavy atom. The smallest absolute Gasteiger partial charge is 0.309 e. The van der Waals surface area contributed by atoms with Crippen LogP contribution in [0.4, 0.5) is 0 Å². The molecule has 150 valence electrons. The van der Waals surface area contributed by atoms with Gasteiger partial charge in [-0.2, -0.15) is 0 Å². The number of ether oxygens (including phenoxy) is 1. The molecule has 2 aromatic rings. The van der Waals surface area contributed by atoms with Gasteiger partial charge < -0.3 is 19.7 Å². The van der Waals surface area contributed by atoms with Gasteiger partial charge in [-0.05, 0) is 56.2 Å². The molecule has 2 N–H and O–H groups in total. The molecule has 1 amide bonds. The van der Waals surface area contributed by atoms with Crippen LogP contribution in [0.5, 0.6) is 0 Å². The van der Waals surface area contributed by atoms with Gasteiger partial charge in [0.05, 0.1) is 12.0 Å². The number of carboxylic acid groups (broad SMARTS) is 1. The predicted molar refractivity (Wildman–Crippen MR) is 106 cm³/mol. The first-order chi connectivity index (χ1) is 13.5. The van der Waals surface area contributed by atoms with Crippen LogP contribution in [0.3, 0.4) is 0 Å². The molecule has 6 heteroatoms. The number of carbonyl (C=O) groups excluding carboxylic acids is 1. The number of aryl methyl sites for hydroxylation is 2. The Bertz CT molecular complexity index is 867. The second kappa shape index (κ2) is 7.95. The van der Waals surface area contributed by atoms with E-state index in [0.29, 0.717) is 32.5 Å². The summed E-state index contributed by atoms with van der Waals surface area (Å²) < 4.78 is 5.72. The first-order valence-corrected chi connectivity index (χ1v) is 10.2. The van der Waals surface area contributed by atoms with Crippen LogP contribution in [0.2, 0.25) is 0 Å². The third-order valence-electron chi connectivity index (χ3n) is 6.34. The molecule has 2 fully saturated rings. The Morgan fingerprint density at radius 1 is 1.25 bits per heavy atom. The Labute approximate surface area is 164 Å². The summed E-state index contributed by atoms with van der Waals surface area (Å²) >= 11 is 0. The number of amides is 1. The molecule has 2 saturated heterocycles. The molecule has 3 heterocycles. The van der Waals surface area contributed by atoms with Gasteiger partial charge in [-0.15, -0.1) is 0 Å². The first-order valence-electron chi connectivity index (χ1n) is 10.2. The zero-order chi connectivity index (χ0) is 19.7. The Balaban J connectivity index is 1.30. The van der Waals surface area contributed by atoms with Crippen LogP contribution in [0.15, 0.2) is 24.4 Å². The van der Waals surface area contributed by atoms with Gasteiger partial charge >= 0.3 is 5.97 Å². The van der Waals surface area contributed by atoms with Gasteiger partial charge in [0.25, 0.3) is 0 Å². The first kappa shape index (κ1) is 19.0. The summed E-state index contributed by atoms with van der Waals surface area (Å²) in [5.74, 6) is -0.723. The van der Waals surface area contributed by atoms with Crippen LogP contribution in [0, 0.1) is 18.8 Å². The minimum absolute atomic E-state index is 0.183. The number of hydrogen-bond donors (Lipinski definition) is 2. The molecule has 1 aromatic carbocycles. The van der Waals surface area contributed by atoms with Crippen molar-refractivity contribution in [2.75, 3.05) is 19.7 Å². The molecule has 2 aliphatic heterocycles. The van der Waals surface area contributed by atoms with E-state index in [2.05, 4.69) is 30.1 Å². The molecule has 1 unspecified atom stereocenters. The molecular weight excluding hydrogens is 356 g/mol. The molecule has 0 saturated carbocycles. The second-order valence-corrected chi connectivity index (χ2v) is 8.15. The standard InChI is InChI=1S/C22H28N2O4/c1-14-2-4-19-18(12-14)16(13-23-19)3-5-20(25)24-9-6-15(7-10-24)21-17(22(26)27)8-11-28-21/h2,4,12-13,15,17,21,23H,3,5-11H2,1H3,(H,26,27)/t17?,21-/m0/s1. The third kappa shape index (κ3) is 3.78. The number of H-pyrrole nitrogens is 1. The number of piperidine rings is 1. The lowest BCUT2D eigenvalue weighted by molar-refractivity contribution is -0.146. The van der Waals surface area contributed by atoms with Gasteiger partial charge in [0.1, 0.15) is 0 Å². The van der Waals surface area contributed by atoms with Gasteiger partial charge in [0.2, 0.25) is 5.91 Å². The fourth-order valence-corrected chi connectivity index (χ4v) is 4.72. The van der Waals surface area contributed by atoms with Crippen molar-refractivity contribution in [3.8, 4) is 0 Å². The number of likely N-dealkylation sites (tertiary alicyclic amines) is 1. The normalized spacial score (nSPS) is 23.4. The number of aromatic amines is 1. The van der Waals surface area contributed by atoms with Gasteiger partial charge in [0.15, 0.2) is 0 Å². The maximum atomic E-state index is 12.7. The van der Waals surface area contributed by atoms with Crippen molar-refractivity contribution in [2.24, 2.45) is 11.8 Å². The van der Waals surface area contributed by atoms with Crippen molar-refractivity contribution in [1.29, 1.82) is 0 Å². The minimum atomic E-state index is -0.755. The summed E-state index contributed by atoms with van der Waals surface area (Å²) in [5, 5.41) is 10.6. The Morgan fingerprint density at radius 2 is 2.04 bits per heavy atom. The van der Waals surface area contributed by atoms with Gasteiger partial charge in [-0.1, -0.05) is 11.6 Å². The molecule has 4 rings (SSSR count). The van der Waals surface area contributed by atoms with Gasteiger partial charge in [-0.3, -0.25) is 9.59 Å². The summed E-state index contributed by atoms with van der Waals surface area (Å²) in [6.07, 6.45) is 5.30. The topological polar surface area (TPSA) is 82.6 Å². The molecule has 1 aromatic heterocycles. The maximum absolute atomic E-state index is 12.7. The van der Waals surface area contributed by atoms with Crippen molar-refractivity contribution in [1.82, 2.24) is 9.88 Å². The van der Waals surface area contributed by atoms with Crippen molar-refractivity contribution in [3.05, 3.63) is 35.5 Å². The lowest BCUT2D eigenvalue weighted by Gasteiger charge is -2.35. The van der Waals surface area contributed by atoms with Crippen LogP contribution in [0.1, 0.15) is 36.8 Å². The zero-order valence-corrected chi connectivity index (χ0v) is 16.3. The fraction of sp³-hybridized carbons (Fsp3) is 0.545. The minimum Gasteiger partial charge on any atom is -0.481 e. The van der Waals surface area contributed by atoms with E-state index in [1.807, 2.05) is 11.1 Å². The van der Waals surface area contributed by atoms with Crippen LogP contribution >= 0.6 is 0 Å². The molecule has 0 radical (unpaired) electrons. The highest BCUT2D eigenvalue weighted by atomic mass is 16.5. The van der Waals surface area contributed by atoms with Crippen LogP contribution in [-0.2, 0) is 20.7 Å². The number of aromatic nitrogens is 1. The number of hydrogen-bond acceptors (Lipinski definition) is 3. The van der Waals surface area contributed by atoms with E-state index in [1.165, 1.54) is 16.5 Å². The summed E-state index contributed by atoms with van der Waals surface area (Å²) in [6, 6.07) is 6.33. The lowest BCUT2D eigenvalue weighted by atomic mass is 9.84. The number of carbonyl (C=O) groups is 2. The largest absolute Gasteiger partial charge is 0.481 e. The van der Waals surface area contributed by atoms with Crippen molar-refractivity contribution in [2.45, 2.75) is 45.1 Å². The van der Waals surface area contributed by atoms with Crippen LogP contribution in [0.25, 0.3) is 10.9 Å². The molecule has 0 aliphatic carbocycles. The number of carboxylic acids is 1. The number of fused-ring (bicyclic) bond motifs is 1. The molecule has 2 atom stereocenters. The summed E-state index contributed by atoms with van der Waals surface area (Å²) in [7, 11) is 0. The summed E-state index contributed by atoms with van der Waals surface area (Å²) in [5.41, 5.74) is 3.51. The van der Waals surface area contributed by atoms with Crippen molar-refractivity contribution in [3.63, 3.8) is 0 Å². The highest BCUT2D eigenvalue weighted by Crippen LogP contribution is 2.33. The number of nitrogens with one attached hydrogen (secondary N) is 1. The number of aliphatic carboxylic acids is 1. The molecular formula is C22H28N2O4. The summed E-state index contributed by atoms with van der Waals surface area (Å²) in [4.78, 5) is 29.3. The molecule has 6 nitrogen and oxygen atoms in total. The Kier molecular flexibility index (Phi) is 5.40. The monoisotopic (exact) mass is 384 g/mol. The van der Waals surface area contributed by atoms with E-state index in [0.717, 1.165) is 24.8 Å². The van der Waals surface area contributed by atoms with Crippen molar-refractivity contribution < 1.29 is 19.4 Å². The average molecular weight is 384 g/mol. The highest BCUT2D eigenvalue weighted by Gasteiger charge is 2.40. The van der Waals surface area contributed by atoms with E-state index in [1.54, 1.807) is 0 Å². The van der Waals surface area contributed by atoms with Crippen LogP contribution < -0.4 is 0 Å². The molecule has 0 spiro atoms. The van der Waals surface area contributed by atoms with E-state index >= 15 is 0 Å². The highest BCUT2D eigenvalue weighted by molar-refractivity contribution is 5.85. The lowest BCUT2D eigenvalue weighted by Crippen LogP contribution is -2.43. The van der Waals surface area contributed by atoms with Gasteiger partial charge in [-0.25, -0.2) is 0 Å². The SMILES string of the molecule is Cc1ccc2[nH]cc(CCC(=O)N3CCC([C@@H]4OCCC4C(=O)O)CC3)c2c1. The second-order valence-electron chi connectivity index (χ2n) is 8.15. The zero-order valence-electron chi connectivity index (χ0n) is 16.3. The van der Waals surface area contributed by atoms with Crippen LogP contribution in [-0.4, -0.2) is 52.7 Å². The predicted octanol–water partition coefficient (Wildman–Crippen LogP) is 3.14. The van der Waals surface area contributed by atoms with E-state index < -0.39 is 11.9 Å². The number of nitrogens with zero attached hydrogens (tertiary/aromatic N) is 1. The average Bonchev–Trinajstić information content (AvgIpc) is 3.33. The maximum Gasteiger partial charge on any atom is 0.309 e. The Hall–Kier alpha value is -2.34. The van der Waals surface area contributed by atoms with Gasteiger partial charge in [0, 0.05) is 43.2 Å². The van der Waals surface area contributed by atoms with E-state index in [4.69, 9.17) is 4.74 Å². The van der Waals surface area contributed by atoms with E-state index in [-0.39, 0.29) is 17.9 Å². The molecule has 28 heavy (non-hydrogen) atoms. The number of benzene rings is 1. The van der Waals surface area contributed by atoms with Crippen molar-refractivity contribution >= 4 is 22.8 Å². The van der Waals surface area contributed by atoms with E-state index in [9.17, 15) is 14.7 Å². The molecule has 2 aliphatic rings. The fourth-order valence-electron chi connectivity index (χ4n) is 4.72. The molecule has 0 bridgehead atoms. The number of rotatable bonds is 5. The third-order valence-corrected chi connectivity index (χ3v) is 6.34. The summed E-state index contributed by atoms with van der Waals surface area (Å²) in [6.45, 7) is 4.00. The quantitative estimate of drug-likeness (QED) is 0.830.